The van der Waals surface area contributed by atoms with Crippen LogP contribution in [-0.2, 0) is 11.8 Å². The van der Waals surface area contributed by atoms with Gasteiger partial charge >= 0.3 is 0 Å². The van der Waals surface area contributed by atoms with Crippen molar-refractivity contribution >= 4 is 0 Å². The van der Waals surface area contributed by atoms with Crippen LogP contribution in [0.3, 0.4) is 0 Å². The van der Waals surface area contributed by atoms with Gasteiger partial charge < -0.3 is 5.43 Å². The molecular formula is C10H17N3. The lowest BCUT2D eigenvalue weighted by Crippen LogP contribution is -2.27. The molecule has 0 atom stereocenters. The molecule has 0 amide bonds. The summed E-state index contributed by atoms with van der Waals surface area (Å²) >= 11 is 0. The molecule has 0 fully saturated rings. The second-order valence-corrected chi connectivity index (χ2v) is 4.68. The topological polar surface area (TPSA) is 29.9 Å². The predicted octanol–water partition coefficient (Wildman–Crippen LogP) is 1.67. The second kappa shape index (κ2) is 2.76. The second-order valence-electron chi connectivity index (χ2n) is 4.68. The van der Waals surface area contributed by atoms with E-state index in [1.165, 1.54) is 17.7 Å². The zero-order valence-corrected chi connectivity index (χ0v) is 8.59. The fraction of sp³-hybridized carbons (Fsp3) is 0.700. The van der Waals surface area contributed by atoms with Crippen LogP contribution in [0.2, 0.25) is 0 Å². The molecule has 0 radical (unpaired) electrons. The molecule has 0 spiro atoms. The first-order chi connectivity index (χ1) is 6.09. The Hall–Kier alpha value is -0.990. The monoisotopic (exact) mass is 179 g/mol. The van der Waals surface area contributed by atoms with Gasteiger partial charge in [0.25, 0.3) is 0 Å². The SMILES string of the molecule is CC(C)(C)c1cnn2c1CCCN2. The molecule has 0 aliphatic carbocycles. The summed E-state index contributed by atoms with van der Waals surface area (Å²) in [7, 11) is 0. The van der Waals surface area contributed by atoms with Crippen molar-refractivity contribution < 1.29 is 0 Å². The van der Waals surface area contributed by atoms with Crippen LogP contribution < -0.4 is 5.43 Å². The van der Waals surface area contributed by atoms with Gasteiger partial charge in [-0.15, -0.1) is 0 Å². The normalized spacial score (nSPS) is 16.5. The number of hydrogen-bond acceptors (Lipinski definition) is 2. The number of nitrogens with zero attached hydrogens (tertiary/aromatic N) is 2. The summed E-state index contributed by atoms with van der Waals surface area (Å²) in [6.45, 7) is 7.75. The van der Waals surface area contributed by atoms with E-state index in [0.29, 0.717) is 0 Å². The molecule has 3 nitrogen and oxygen atoms in total. The smallest absolute Gasteiger partial charge is 0.0657 e. The molecule has 1 aliphatic rings. The third kappa shape index (κ3) is 1.43. The molecule has 1 aliphatic heterocycles. The van der Waals surface area contributed by atoms with E-state index in [-0.39, 0.29) is 5.41 Å². The molecule has 3 heteroatoms. The van der Waals surface area contributed by atoms with Gasteiger partial charge in [-0.25, -0.2) is 0 Å². The Morgan fingerprint density at radius 3 is 2.92 bits per heavy atom. The summed E-state index contributed by atoms with van der Waals surface area (Å²) < 4.78 is 0. The summed E-state index contributed by atoms with van der Waals surface area (Å²) in [5, 5.41) is 4.33. The van der Waals surface area contributed by atoms with Crippen molar-refractivity contribution in [1.29, 1.82) is 0 Å². The number of rotatable bonds is 0. The van der Waals surface area contributed by atoms with Crippen molar-refractivity contribution in [1.82, 2.24) is 9.89 Å². The Labute approximate surface area is 79.1 Å². The van der Waals surface area contributed by atoms with E-state index in [9.17, 15) is 0 Å². The summed E-state index contributed by atoms with van der Waals surface area (Å²) in [5.41, 5.74) is 6.21. The molecule has 2 heterocycles. The minimum Gasteiger partial charge on any atom is -0.310 e. The van der Waals surface area contributed by atoms with Gasteiger partial charge in [-0.05, 0) is 18.3 Å². The highest BCUT2D eigenvalue weighted by Crippen LogP contribution is 2.26. The van der Waals surface area contributed by atoms with Crippen LogP contribution in [0.4, 0.5) is 0 Å². The Bertz CT molecular complexity index is 306. The zero-order chi connectivity index (χ0) is 9.47. The third-order valence-electron chi connectivity index (χ3n) is 2.53. The molecule has 1 aromatic rings. The average molecular weight is 179 g/mol. The summed E-state index contributed by atoms with van der Waals surface area (Å²) in [6.07, 6.45) is 4.36. The maximum absolute atomic E-state index is 4.33. The van der Waals surface area contributed by atoms with E-state index in [1.54, 1.807) is 0 Å². The van der Waals surface area contributed by atoms with Crippen LogP contribution in [0.1, 0.15) is 38.4 Å². The van der Waals surface area contributed by atoms with Crippen LogP contribution in [-0.4, -0.2) is 16.4 Å². The Balaban J connectivity index is 2.43. The molecule has 0 bridgehead atoms. The summed E-state index contributed by atoms with van der Waals surface area (Å²) in [5.74, 6) is 0. The van der Waals surface area contributed by atoms with Crippen LogP contribution >= 0.6 is 0 Å². The first-order valence-electron chi connectivity index (χ1n) is 4.90. The number of nitrogens with one attached hydrogen (secondary N) is 1. The van der Waals surface area contributed by atoms with Gasteiger partial charge in [-0.1, -0.05) is 20.8 Å². The quantitative estimate of drug-likeness (QED) is 0.656. The van der Waals surface area contributed by atoms with E-state index >= 15 is 0 Å². The van der Waals surface area contributed by atoms with Gasteiger partial charge in [0, 0.05) is 12.1 Å². The highest BCUT2D eigenvalue weighted by Gasteiger charge is 2.23. The average Bonchev–Trinajstić information content (AvgIpc) is 2.45. The van der Waals surface area contributed by atoms with Gasteiger partial charge in [-0.2, -0.15) is 9.89 Å². The van der Waals surface area contributed by atoms with Crippen molar-refractivity contribution in [2.45, 2.75) is 39.0 Å². The van der Waals surface area contributed by atoms with Crippen molar-refractivity contribution in [2.75, 3.05) is 12.0 Å². The van der Waals surface area contributed by atoms with Crippen molar-refractivity contribution in [3.63, 3.8) is 0 Å². The molecular weight excluding hydrogens is 162 g/mol. The lowest BCUT2D eigenvalue weighted by atomic mass is 9.86. The molecule has 72 valence electrons. The van der Waals surface area contributed by atoms with Crippen LogP contribution in [0.5, 0.6) is 0 Å². The molecule has 1 N–H and O–H groups in total. The lowest BCUT2D eigenvalue weighted by molar-refractivity contribution is 0.557. The highest BCUT2D eigenvalue weighted by atomic mass is 15.6. The van der Waals surface area contributed by atoms with Crippen molar-refractivity contribution in [2.24, 2.45) is 0 Å². The van der Waals surface area contributed by atoms with Crippen LogP contribution in [0.25, 0.3) is 0 Å². The Kier molecular flexibility index (Phi) is 1.82. The van der Waals surface area contributed by atoms with E-state index in [0.717, 1.165) is 13.0 Å². The van der Waals surface area contributed by atoms with Crippen molar-refractivity contribution in [3.8, 4) is 0 Å². The molecule has 13 heavy (non-hydrogen) atoms. The van der Waals surface area contributed by atoms with Gasteiger partial charge in [0.05, 0.1) is 11.9 Å². The fourth-order valence-electron chi connectivity index (χ4n) is 1.82. The Morgan fingerprint density at radius 2 is 2.23 bits per heavy atom. The number of hydrogen-bond donors (Lipinski definition) is 1. The number of aromatic nitrogens is 2. The van der Waals surface area contributed by atoms with E-state index < -0.39 is 0 Å². The maximum Gasteiger partial charge on any atom is 0.0657 e. The molecule has 2 rings (SSSR count). The summed E-state index contributed by atoms with van der Waals surface area (Å²) in [6, 6.07) is 0. The maximum atomic E-state index is 4.33. The van der Waals surface area contributed by atoms with Crippen LogP contribution in [0, 0.1) is 0 Å². The van der Waals surface area contributed by atoms with Gasteiger partial charge in [-0.3, -0.25) is 0 Å². The molecule has 0 saturated carbocycles. The predicted molar refractivity (Wildman–Crippen MR) is 53.5 cm³/mol. The van der Waals surface area contributed by atoms with Gasteiger partial charge in [0.2, 0.25) is 0 Å². The zero-order valence-electron chi connectivity index (χ0n) is 8.59. The largest absolute Gasteiger partial charge is 0.310 e. The minimum absolute atomic E-state index is 0.215. The molecule has 0 aromatic carbocycles. The third-order valence-corrected chi connectivity index (χ3v) is 2.53. The van der Waals surface area contributed by atoms with E-state index in [1.807, 2.05) is 11.0 Å². The first-order valence-corrected chi connectivity index (χ1v) is 4.90. The first kappa shape index (κ1) is 8.60. The molecule has 0 unspecified atom stereocenters. The molecule has 0 saturated heterocycles. The van der Waals surface area contributed by atoms with Gasteiger partial charge in [0.15, 0.2) is 0 Å². The van der Waals surface area contributed by atoms with E-state index in [2.05, 4.69) is 31.3 Å². The van der Waals surface area contributed by atoms with Crippen LogP contribution in [0.15, 0.2) is 6.20 Å². The highest BCUT2D eigenvalue weighted by molar-refractivity contribution is 5.27. The minimum atomic E-state index is 0.215. The lowest BCUT2D eigenvalue weighted by Gasteiger charge is -2.22. The Morgan fingerprint density at radius 1 is 1.46 bits per heavy atom. The fourth-order valence-corrected chi connectivity index (χ4v) is 1.82. The number of fused-ring (bicyclic) bond motifs is 1. The van der Waals surface area contributed by atoms with Gasteiger partial charge in [0.1, 0.15) is 0 Å². The van der Waals surface area contributed by atoms with Crippen molar-refractivity contribution in [3.05, 3.63) is 17.5 Å². The van der Waals surface area contributed by atoms with E-state index in [4.69, 9.17) is 0 Å². The standard InChI is InChI=1S/C10H17N3/c1-10(2,3)8-7-12-13-9(8)5-4-6-11-13/h7,11H,4-6H2,1-3H3. The molecule has 1 aromatic heterocycles. The summed E-state index contributed by atoms with van der Waals surface area (Å²) in [4.78, 5) is 1.93.